The molecular formula is C16H21N3. The lowest BCUT2D eigenvalue weighted by molar-refractivity contribution is 0.415. The SMILES string of the molecule is CNC(c1ccn(C)n1)C1CCCc2ccccc21. The van der Waals surface area contributed by atoms with Crippen LogP contribution in [-0.4, -0.2) is 16.8 Å². The van der Waals surface area contributed by atoms with E-state index in [0.717, 1.165) is 5.69 Å². The van der Waals surface area contributed by atoms with Gasteiger partial charge in [0.15, 0.2) is 0 Å². The molecule has 0 aliphatic heterocycles. The van der Waals surface area contributed by atoms with E-state index in [2.05, 4.69) is 40.7 Å². The molecule has 0 radical (unpaired) electrons. The van der Waals surface area contributed by atoms with Crippen molar-refractivity contribution in [2.24, 2.45) is 7.05 Å². The van der Waals surface area contributed by atoms with Gasteiger partial charge >= 0.3 is 0 Å². The van der Waals surface area contributed by atoms with E-state index >= 15 is 0 Å². The van der Waals surface area contributed by atoms with E-state index in [9.17, 15) is 0 Å². The second-order valence-electron chi connectivity index (χ2n) is 5.38. The first-order chi connectivity index (χ1) is 9.29. The van der Waals surface area contributed by atoms with Crippen molar-refractivity contribution in [3.05, 3.63) is 53.3 Å². The van der Waals surface area contributed by atoms with Crippen LogP contribution in [0.5, 0.6) is 0 Å². The highest BCUT2D eigenvalue weighted by molar-refractivity contribution is 5.35. The highest BCUT2D eigenvalue weighted by atomic mass is 15.3. The Hall–Kier alpha value is -1.61. The van der Waals surface area contributed by atoms with Crippen LogP contribution in [0, 0.1) is 0 Å². The van der Waals surface area contributed by atoms with Gasteiger partial charge in [0.1, 0.15) is 0 Å². The summed E-state index contributed by atoms with van der Waals surface area (Å²) in [5.41, 5.74) is 4.15. The molecule has 0 saturated heterocycles. The molecule has 1 aromatic carbocycles. The maximum Gasteiger partial charge on any atom is 0.0799 e. The summed E-state index contributed by atoms with van der Waals surface area (Å²) in [5.74, 6) is 0.532. The van der Waals surface area contributed by atoms with Crippen molar-refractivity contribution in [1.82, 2.24) is 15.1 Å². The van der Waals surface area contributed by atoms with Gasteiger partial charge in [-0.15, -0.1) is 0 Å². The van der Waals surface area contributed by atoms with Crippen molar-refractivity contribution in [2.45, 2.75) is 31.2 Å². The number of aryl methyl sites for hydroxylation is 2. The van der Waals surface area contributed by atoms with Gasteiger partial charge in [-0.05, 0) is 43.5 Å². The van der Waals surface area contributed by atoms with Crippen molar-refractivity contribution in [2.75, 3.05) is 7.05 Å². The Bertz CT molecular complexity index is 559. The van der Waals surface area contributed by atoms with Crippen molar-refractivity contribution < 1.29 is 0 Å². The molecule has 1 N–H and O–H groups in total. The molecule has 3 rings (SSSR count). The molecule has 0 saturated carbocycles. The zero-order valence-corrected chi connectivity index (χ0v) is 11.6. The number of likely N-dealkylation sites (N-methyl/N-ethyl adjacent to an activating group) is 1. The van der Waals surface area contributed by atoms with Crippen molar-refractivity contribution in [3.8, 4) is 0 Å². The minimum Gasteiger partial charge on any atom is -0.311 e. The van der Waals surface area contributed by atoms with Gasteiger partial charge < -0.3 is 5.32 Å². The lowest BCUT2D eigenvalue weighted by atomic mass is 9.78. The molecule has 2 unspecified atom stereocenters. The van der Waals surface area contributed by atoms with Gasteiger partial charge in [0.05, 0.1) is 11.7 Å². The first-order valence-corrected chi connectivity index (χ1v) is 7.04. The lowest BCUT2D eigenvalue weighted by Gasteiger charge is -2.31. The second-order valence-corrected chi connectivity index (χ2v) is 5.38. The van der Waals surface area contributed by atoms with E-state index in [1.54, 1.807) is 0 Å². The number of aromatic nitrogens is 2. The lowest BCUT2D eigenvalue weighted by Crippen LogP contribution is -2.27. The standard InChI is InChI=1S/C16H21N3/c1-17-16(15-10-11-19(2)18-15)14-9-5-7-12-6-3-4-8-13(12)14/h3-4,6,8,10-11,14,16-17H,5,7,9H2,1-2H3. The van der Waals surface area contributed by atoms with Crippen LogP contribution in [0.25, 0.3) is 0 Å². The molecule has 0 spiro atoms. The van der Waals surface area contributed by atoms with Crippen LogP contribution < -0.4 is 5.32 Å². The third-order valence-corrected chi connectivity index (χ3v) is 4.18. The Balaban J connectivity index is 1.97. The first-order valence-electron chi connectivity index (χ1n) is 7.04. The summed E-state index contributed by atoms with van der Waals surface area (Å²) in [6.07, 6.45) is 5.74. The molecule has 0 amide bonds. The van der Waals surface area contributed by atoms with Crippen LogP contribution in [0.2, 0.25) is 0 Å². The normalized spacial score (nSPS) is 20.0. The highest BCUT2D eigenvalue weighted by Gasteiger charge is 2.29. The molecule has 19 heavy (non-hydrogen) atoms. The van der Waals surface area contributed by atoms with Gasteiger partial charge in [-0.1, -0.05) is 24.3 Å². The Labute approximate surface area is 114 Å². The smallest absolute Gasteiger partial charge is 0.0799 e. The molecule has 0 bridgehead atoms. The molecule has 1 aliphatic carbocycles. The Morgan fingerprint density at radius 1 is 1.32 bits per heavy atom. The highest BCUT2D eigenvalue weighted by Crippen LogP contribution is 2.39. The fraction of sp³-hybridized carbons (Fsp3) is 0.438. The summed E-state index contributed by atoms with van der Waals surface area (Å²) in [4.78, 5) is 0. The summed E-state index contributed by atoms with van der Waals surface area (Å²) in [6, 6.07) is 11.3. The van der Waals surface area contributed by atoms with E-state index in [1.165, 1.54) is 30.4 Å². The van der Waals surface area contributed by atoms with Crippen molar-refractivity contribution in [3.63, 3.8) is 0 Å². The van der Waals surface area contributed by atoms with E-state index < -0.39 is 0 Å². The van der Waals surface area contributed by atoms with E-state index in [0.29, 0.717) is 12.0 Å². The van der Waals surface area contributed by atoms with E-state index in [4.69, 9.17) is 0 Å². The van der Waals surface area contributed by atoms with Gasteiger partial charge in [0.25, 0.3) is 0 Å². The van der Waals surface area contributed by atoms with Gasteiger partial charge in [-0.25, -0.2) is 0 Å². The van der Waals surface area contributed by atoms with Gasteiger partial charge in [-0.2, -0.15) is 5.10 Å². The zero-order chi connectivity index (χ0) is 13.2. The quantitative estimate of drug-likeness (QED) is 0.914. The minimum absolute atomic E-state index is 0.308. The van der Waals surface area contributed by atoms with Crippen molar-refractivity contribution in [1.29, 1.82) is 0 Å². The fourth-order valence-corrected chi connectivity index (χ4v) is 3.29. The number of benzene rings is 1. The van der Waals surface area contributed by atoms with E-state index in [1.807, 2.05) is 25.0 Å². The van der Waals surface area contributed by atoms with E-state index in [-0.39, 0.29) is 0 Å². The predicted molar refractivity (Wildman–Crippen MR) is 77.1 cm³/mol. The second kappa shape index (κ2) is 5.17. The summed E-state index contributed by atoms with van der Waals surface area (Å²) in [5, 5.41) is 8.05. The largest absolute Gasteiger partial charge is 0.311 e. The van der Waals surface area contributed by atoms with Gasteiger partial charge in [0.2, 0.25) is 0 Å². The third kappa shape index (κ3) is 2.30. The summed E-state index contributed by atoms with van der Waals surface area (Å²) in [7, 11) is 4.02. The molecule has 1 aromatic heterocycles. The van der Waals surface area contributed by atoms with Crippen LogP contribution >= 0.6 is 0 Å². The zero-order valence-electron chi connectivity index (χ0n) is 11.6. The molecular weight excluding hydrogens is 234 g/mol. The average molecular weight is 255 g/mol. The van der Waals surface area contributed by atoms with Crippen LogP contribution in [0.1, 0.15) is 41.6 Å². The maximum atomic E-state index is 4.58. The molecule has 2 aromatic rings. The molecule has 2 atom stereocenters. The van der Waals surface area contributed by atoms with Crippen LogP contribution in [0.15, 0.2) is 36.5 Å². The molecule has 3 heteroatoms. The van der Waals surface area contributed by atoms with Crippen LogP contribution in [-0.2, 0) is 13.5 Å². The number of fused-ring (bicyclic) bond motifs is 1. The van der Waals surface area contributed by atoms with Gasteiger partial charge in [-0.3, -0.25) is 4.68 Å². The number of hydrogen-bond donors (Lipinski definition) is 1. The summed E-state index contributed by atoms with van der Waals surface area (Å²) in [6.45, 7) is 0. The van der Waals surface area contributed by atoms with Gasteiger partial charge in [0, 0.05) is 19.2 Å². The maximum absolute atomic E-state index is 4.58. The van der Waals surface area contributed by atoms with Crippen LogP contribution in [0.3, 0.4) is 0 Å². The number of nitrogens with zero attached hydrogens (tertiary/aromatic N) is 2. The van der Waals surface area contributed by atoms with Crippen LogP contribution in [0.4, 0.5) is 0 Å². The molecule has 3 nitrogen and oxygen atoms in total. The average Bonchev–Trinajstić information content (AvgIpc) is 2.86. The summed E-state index contributed by atoms with van der Waals surface area (Å²) >= 11 is 0. The third-order valence-electron chi connectivity index (χ3n) is 4.18. The number of hydrogen-bond acceptors (Lipinski definition) is 2. The Morgan fingerprint density at radius 2 is 2.16 bits per heavy atom. The summed E-state index contributed by atoms with van der Waals surface area (Å²) < 4.78 is 1.88. The first kappa shape index (κ1) is 12.4. The molecule has 1 aliphatic rings. The Kier molecular flexibility index (Phi) is 3.38. The van der Waals surface area contributed by atoms with Crippen molar-refractivity contribution >= 4 is 0 Å². The Morgan fingerprint density at radius 3 is 2.89 bits per heavy atom. The monoisotopic (exact) mass is 255 g/mol. The topological polar surface area (TPSA) is 29.9 Å². The minimum atomic E-state index is 0.308. The molecule has 0 fully saturated rings. The number of nitrogens with one attached hydrogen (secondary N) is 1. The molecule has 100 valence electrons. The fourth-order valence-electron chi connectivity index (χ4n) is 3.29. The predicted octanol–water partition coefficient (Wildman–Crippen LogP) is 2.80. The number of rotatable bonds is 3. The molecule has 1 heterocycles.